The fourth-order valence-electron chi connectivity index (χ4n) is 5.57. The summed E-state index contributed by atoms with van der Waals surface area (Å²) in [5, 5.41) is 4.37. The van der Waals surface area contributed by atoms with Crippen molar-refractivity contribution in [3.8, 4) is 0 Å². The van der Waals surface area contributed by atoms with Gasteiger partial charge in [0, 0.05) is 25.4 Å². The molecule has 1 spiro atoms. The van der Waals surface area contributed by atoms with Crippen LogP contribution >= 0.6 is 0 Å². The second-order valence-electron chi connectivity index (χ2n) is 8.69. The lowest BCUT2D eigenvalue weighted by molar-refractivity contribution is -0.145. The molecular weight excluding hydrogens is 378 g/mol. The van der Waals surface area contributed by atoms with E-state index in [-0.39, 0.29) is 24.1 Å². The molecule has 1 aromatic carbocycles. The zero-order valence-corrected chi connectivity index (χ0v) is 17.0. The van der Waals surface area contributed by atoms with E-state index < -0.39 is 5.60 Å². The molecule has 5 heterocycles. The SMILES string of the molecule is CC1CN(c2cccc3ncnn23)CCC12O[C@@H]1CC[C@@H](c3ccccc3)N1C2=O. The minimum Gasteiger partial charge on any atom is -0.356 e. The third-order valence-corrected chi connectivity index (χ3v) is 7.11. The molecule has 0 aliphatic carbocycles. The third kappa shape index (κ3) is 2.45. The molecule has 3 saturated heterocycles. The van der Waals surface area contributed by atoms with Gasteiger partial charge in [-0.3, -0.25) is 4.79 Å². The summed E-state index contributed by atoms with van der Waals surface area (Å²) in [5.41, 5.74) is 1.32. The smallest absolute Gasteiger partial charge is 0.257 e. The first-order valence-corrected chi connectivity index (χ1v) is 10.8. The number of carbonyl (C=O) groups excluding carboxylic acids is 1. The zero-order valence-electron chi connectivity index (χ0n) is 17.0. The Hall–Kier alpha value is -2.93. The topological polar surface area (TPSA) is 63.0 Å². The Kier molecular flexibility index (Phi) is 3.90. The maximum atomic E-state index is 13.7. The second kappa shape index (κ2) is 6.54. The van der Waals surface area contributed by atoms with Crippen molar-refractivity contribution in [1.82, 2.24) is 19.5 Å². The predicted octanol–water partition coefficient (Wildman–Crippen LogP) is 3.03. The summed E-state index contributed by atoms with van der Waals surface area (Å²) in [4.78, 5) is 22.3. The van der Waals surface area contributed by atoms with E-state index in [0.717, 1.165) is 37.4 Å². The molecule has 3 aliphatic rings. The Morgan fingerprint density at radius 2 is 1.97 bits per heavy atom. The maximum Gasteiger partial charge on any atom is 0.257 e. The molecule has 2 aromatic heterocycles. The first kappa shape index (κ1) is 17.9. The number of anilines is 1. The van der Waals surface area contributed by atoms with Gasteiger partial charge in [-0.25, -0.2) is 4.98 Å². The number of piperidine rings is 1. The molecular formula is C23H25N5O2. The zero-order chi connectivity index (χ0) is 20.3. The Bertz CT molecular complexity index is 1100. The molecule has 3 aliphatic heterocycles. The van der Waals surface area contributed by atoms with Crippen molar-refractivity contribution in [3.05, 3.63) is 60.4 Å². The number of fused-ring (bicyclic) bond motifs is 2. The van der Waals surface area contributed by atoms with Crippen LogP contribution < -0.4 is 4.90 Å². The van der Waals surface area contributed by atoms with Crippen molar-refractivity contribution < 1.29 is 9.53 Å². The van der Waals surface area contributed by atoms with E-state index in [9.17, 15) is 4.79 Å². The Morgan fingerprint density at radius 3 is 2.80 bits per heavy atom. The molecule has 7 nitrogen and oxygen atoms in total. The van der Waals surface area contributed by atoms with E-state index in [1.807, 2.05) is 39.7 Å². The standard InChI is InChI=1S/C23H25N5O2/c1-16-14-26(20-9-5-8-19-24-15-25-28(19)20)13-12-23(16)22(29)27-18(10-11-21(27)30-23)17-6-3-2-4-7-17/h2-9,15-16,18,21H,10-14H2,1H3/t16?,18-,21+,23?/m0/s1. The van der Waals surface area contributed by atoms with E-state index in [0.29, 0.717) is 6.42 Å². The van der Waals surface area contributed by atoms with E-state index in [1.165, 1.54) is 5.56 Å². The first-order chi connectivity index (χ1) is 14.7. The number of amides is 1. The van der Waals surface area contributed by atoms with Gasteiger partial charge >= 0.3 is 0 Å². The van der Waals surface area contributed by atoms with Crippen LogP contribution in [0.1, 0.15) is 37.8 Å². The minimum absolute atomic E-state index is 0.0829. The number of benzene rings is 1. The van der Waals surface area contributed by atoms with Gasteiger partial charge in [0.05, 0.1) is 6.04 Å². The van der Waals surface area contributed by atoms with Crippen molar-refractivity contribution in [2.24, 2.45) is 5.92 Å². The molecule has 0 bridgehead atoms. The number of carbonyl (C=O) groups is 1. The predicted molar refractivity (Wildman–Crippen MR) is 112 cm³/mol. The van der Waals surface area contributed by atoms with Crippen LogP contribution in [0, 0.1) is 5.92 Å². The van der Waals surface area contributed by atoms with Crippen LogP contribution in [0.25, 0.3) is 5.65 Å². The van der Waals surface area contributed by atoms with E-state index in [2.05, 4.69) is 40.1 Å². The number of hydrogen-bond acceptors (Lipinski definition) is 5. The lowest BCUT2D eigenvalue weighted by Crippen LogP contribution is -2.56. The van der Waals surface area contributed by atoms with Gasteiger partial charge in [-0.1, -0.05) is 43.3 Å². The number of hydrogen-bond donors (Lipinski definition) is 0. The van der Waals surface area contributed by atoms with Crippen molar-refractivity contribution in [2.45, 2.75) is 44.1 Å². The average Bonchev–Trinajstić information content (AvgIpc) is 3.47. The monoisotopic (exact) mass is 403 g/mol. The quantitative estimate of drug-likeness (QED) is 0.658. The number of nitrogens with zero attached hydrogens (tertiary/aromatic N) is 5. The molecule has 3 aromatic rings. The van der Waals surface area contributed by atoms with Crippen LogP contribution in [0.4, 0.5) is 5.82 Å². The maximum absolute atomic E-state index is 13.7. The van der Waals surface area contributed by atoms with Gasteiger partial charge < -0.3 is 14.5 Å². The fraction of sp³-hybridized carbons (Fsp3) is 0.435. The molecule has 2 unspecified atom stereocenters. The van der Waals surface area contributed by atoms with E-state index in [1.54, 1.807) is 6.33 Å². The van der Waals surface area contributed by atoms with Crippen LogP contribution in [-0.4, -0.2) is 50.3 Å². The van der Waals surface area contributed by atoms with Crippen LogP contribution in [0.2, 0.25) is 0 Å². The van der Waals surface area contributed by atoms with Crippen molar-refractivity contribution in [2.75, 3.05) is 18.0 Å². The van der Waals surface area contributed by atoms with Gasteiger partial charge in [0.25, 0.3) is 5.91 Å². The second-order valence-corrected chi connectivity index (χ2v) is 8.69. The summed E-state index contributed by atoms with van der Waals surface area (Å²) < 4.78 is 8.43. The molecule has 154 valence electrons. The summed E-state index contributed by atoms with van der Waals surface area (Å²) in [7, 11) is 0. The van der Waals surface area contributed by atoms with Crippen LogP contribution in [0.3, 0.4) is 0 Å². The normalized spacial score (nSPS) is 31.1. The minimum atomic E-state index is -0.717. The summed E-state index contributed by atoms with van der Waals surface area (Å²) in [6, 6.07) is 16.5. The largest absolute Gasteiger partial charge is 0.356 e. The van der Waals surface area contributed by atoms with E-state index in [4.69, 9.17) is 4.74 Å². The van der Waals surface area contributed by atoms with Gasteiger partial charge in [-0.05, 0) is 30.5 Å². The summed E-state index contributed by atoms with van der Waals surface area (Å²) in [6.07, 6.45) is 4.03. The van der Waals surface area contributed by atoms with Gasteiger partial charge in [0.15, 0.2) is 11.2 Å². The Morgan fingerprint density at radius 1 is 1.10 bits per heavy atom. The highest BCUT2D eigenvalue weighted by Gasteiger charge is 2.60. The molecule has 7 heteroatoms. The van der Waals surface area contributed by atoms with Crippen LogP contribution in [-0.2, 0) is 9.53 Å². The molecule has 0 saturated carbocycles. The molecule has 0 radical (unpaired) electrons. The van der Waals surface area contributed by atoms with Gasteiger partial charge in [-0.15, -0.1) is 0 Å². The van der Waals surface area contributed by atoms with Gasteiger partial charge in [-0.2, -0.15) is 9.61 Å². The first-order valence-electron chi connectivity index (χ1n) is 10.8. The molecule has 6 rings (SSSR count). The lowest BCUT2D eigenvalue weighted by Gasteiger charge is -2.43. The van der Waals surface area contributed by atoms with Crippen molar-refractivity contribution >= 4 is 17.4 Å². The highest BCUT2D eigenvalue weighted by atomic mass is 16.6. The van der Waals surface area contributed by atoms with Crippen molar-refractivity contribution in [3.63, 3.8) is 0 Å². The Labute approximate surface area is 175 Å². The third-order valence-electron chi connectivity index (χ3n) is 7.11. The average molecular weight is 403 g/mol. The number of ether oxygens (including phenoxy) is 1. The lowest BCUT2D eigenvalue weighted by atomic mass is 9.81. The molecule has 4 atom stereocenters. The molecule has 1 amide bonds. The number of rotatable bonds is 2. The number of pyridine rings is 1. The van der Waals surface area contributed by atoms with Gasteiger partial charge in [0.1, 0.15) is 18.4 Å². The highest BCUT2D eigenvalue weighted by molar-refractivity contribution is 5.88. The molecule has 30 heavy (non-hydrogen) atoms. The fourth-order valence-corrected chi connectivity index (χ4v) is 5.57. The van der Waals surface area contributed by atoms with Crippen LogP contribution in [0.5, 0.6) is 0 Å². The summed E-state index contributed by atoms with van der Waals surface area (Å²) in [6.45, 7) is 3.65. The van der Waals surface area contributed by atoms with Crippen LogP contribution in [0.15, 0.2) is 54.9 Å². The van der Waals surface area contributed by atoms with E-state index >= 15 is 0 Å². The van der Waals surface area contributed by atoms with Gasteiger partial charge in [0.2, 0.25) is 0 Å². The molecule has 3 fully saturated rings. The number of aromatic nitrogens is 3. The summed E-state index contributed by atoms with van der Waals surface area (Å²) in [5.74, 6) is 1.27. The summed E-state index contributed by atoms with van der Waals surface area (Å²) >= 11 is 0. The Balaban J connectivity index is 1.27. The molecule has 0 N–H and O–H groups in total. The van der Waals surface area contributed by atoms with Crippen molar-refractivity contribution in [1.29, 1.82) is 0 Å². The highest BCUT2D eigenvalue weighted by Crippen LogP contribution is 2.49.